The average molecular weight is 244 g/mol. The van der Waals surface area contributed by atoms with Gasteiger partial charge in [-0.05, 0) is 7.05 Å². The van der Waals surface area contributed by atoms with Gasteiger partial charge in [-0.15, -0.1) is 0 Å². The minimum absolute atomic E-state index is 0.0839. The SMILES string of the molecule is COC(=O)CCN(C)CC(=O)N1CCOCC1. The van der Waals surface area contributed by atoms with E-state index in [2.05, 4.69) is 4.74 Å². The third kappa shape index (κ3) is 5.14. The van der Waals surface area contributed by atoms with E-state index >= 15 is 0 Å². The Morgan fingerprint density at radius 2 is 2.00 bits per heavy atom. The normalized spacial score (nSPS) is 16.1. The Kier molecular flexibility index (Phi) is 5.93. The summed E-state index contributed by atoms with van der Waals surface area (Å²) in [4.78, 5) is 26.4. The number of carbonyl (C=O) groups is 2. The molecular weight excluding hydrogens is 224 g/mol. The van der Waals surface area contributed by atoms with Gasteiger partial charge in [0.2, 0.25) is 5.91 Å². The summed E-state index contributed by atoms with van der Waals surface area (Å²) >= 11 is 0. The van der Waals surface area contributed by atoms with Crippen LogP contribution in [0.15, 0.2) is 0 Å². The third-order valence-electron chi connectivity index (χ3n) is 2.69. The van der Waals surface area contributed by atoms with Gasteiger partial charge in [0.1, 0.15) is 0 Å². The number of likely N-dealkylation sites (N-methyl/N-ethyl adjacent to an activating group) is 1. The summed E-state index contributed by atoms with van der Waals surface area (Å²) < 4.78 is 9.72. The van der Waals surface area contributed by atoms with Crippen molar-refractivity contribution in [2.75, 3.05) is 53.6 Å². The largest absolute Gasteiger partial charge is 0.469 e. The minimum Gasteiger partial charge on any atom is -0.469 e. The van der Waals surface area contributed by atoms with E-state index in [9.17, 15) is 9.59 Å². The summed E-state index contributed by atoms with van der Waals surface area (Å²) in [5.41, 5.74) is 0. The van der Waals surface area contributed by atoms with Crippen LogP contribution >= 0.6 is 0 Å². The Bertz CT molecular complexity index is 264. The van der Waals surface area contributed by atoms with Gasteiger partial charge in [-0.2, -0.15) is 0 Å². The summed E-state index contributed by atoms with van der Waals surface area (Å²) in [5.74, 6) is -0.170. The van der Waals surface area contributed by atoms with Gasteiger partial charge >= 0.3 is 5.97 Å². The van der Waals surface area contributed by atoms with E-state index in [1.807, 2.05) is 11.9 Å². The smallest absolute Gasteiger partial charge is 0.306 e. The van der Waals surface area contributed by atoms with Gasteiger partial charge < -0.3 is 14.4 Å². The van der Waals surface area contributed by atoms with Gasteiger partial charge in [-0.3, -0.25) is 14.5 Å². The molecule has 1 heterocycles. The maximum atomic E-state index is 11.8. The monoisotopic (exact) mass is 244 g/mol. The fourth-order valence-corrected chi connectivity index (χ4v) is 1.61. The number of hydrogen-bond acceptors (Lipinski definition) is 5. The number of rotatable bonds is 5. The zero-order valence-corrected chi connectivity index (χ0v) is 10.5. The molecule has 0 aromatic heterocycles. The molecule has 98 valence electrons. The lowest BCUT2D eigenvalue weighted by molar-refractivity contribution is -0.142. The van der Waals surface area contributed by atoms with Crippen LogP contribution in [-0.4, -0.2) is 75.2 Å². The van der Waals surface area contributed by atoms with Crippen LogP contribution in [0.2, 0.25) is 0 Å². The highest BCUT2D eigenvalue weighted by atomic mass is 16.5. The Hall–Kier alpha value is -1.14. The molecule has 0 atom stereocenters. The fraction of sp³-hybridized carbons (Fsp3) is 0.818. The Labute approximate surface area is 101 Å². The van der Waals surface area contributed by atoms with Gasteiger partial charge in [0, 0.05) is 19.6 Å². The van der Waals surface area contributed by atoms with Crippen molar-refractivity contribution in [1.82, 2.24) is 9.80 Å². The lowest BCUT2D eigenvalue weighted by Crippen LogP contribution is -2.45. The fourth-order valence-electron chi connectivity index (χ4n) is 1.61. The lowest BCUT2D eigenvalue weighted by Gasteiger charge is -2.28. The van der Waals surface area contributed by atoms with Gasteiger partial charge in [0.25, 0.3) is 0 Å². The number of hydrogen-bond donors (Lipinski definition) is 0. The Morgan fingerprint density at radius 3 is 2.59 bits per heavy atom. The van der Waals surface area contributed by atoms with Crippen molar-refractivity contribution in [2.24, 2.45) is 0 Å². The Balaban J connectivity index is 2.22. The van der Waals surface area contributed by atoms with Gasteiger partial charge in [-0.1, -0.05) is 0 Å². The number of methoxy groups -OCH3 is 1. The van der Waals surface area contributed by atoms with E-state index in [0.29, 0.717) is 45.8 Å². The first-order valence-electron chi connectivity index (χ1n) is 5.74. The molecule has 1 aliphatic heterocycles. The molecule has 1 rings (SSSR count). The van der Waals surface area contributed by atoms with Crippen LogP contribution in [0.5, 0.6) is 0 Å². The molecule has 0 spiro atoms. The van der Waals surface area contributed by atoms with Crippen LogP contribution in [0, 0.1) is 0 Å². The van der Waals surface area contributed by atoms with E-state index in [1.54, 1.807) is 4.90 Å². The second-order valence-corrected chi connectivity index (χ2v) is 4.06. The number of nitrogens with zero attached hydrogens (tertiary/aromatic N) is 2. The van der Waals surface area contributed by atoms with E-state index in [-0.39, 0.29) is 11.9 Å². The highest BCUT2D eigenvalue weighted by molar-refractivity contribution is 5.78. The number of ether oxygens (including phenoxy) is 2. The van der Waals surface area contributed by atoms with Crippen LogP contribution in [-0.2, 0) is 19.1 Å². The first-order valence-corrected chi connectivity index (χ1v) is 5.74. The van der Waals surface area contributed by atoms with E-state index in [1.165, 1.54) is 7.11 Å². The molecule has 1 saturated heterocycles. The van der Waals surface area contributed by atoms with Crippen molar-refractivity contribution in [2.45, 2.75) is 6.42 Å². The van der Waals surface area contributed by atoms with Gasteiger partial charge in [0.05, 0.1) is 33.3 Å². The second-order valence-electron chi connectivity index (χ2n) is 4.06. The molecule has 0 aromatic carbocycles. The molecule has 1 fully saturated rings. The lowest BCUT2D eigenvalue weighted by atomic mass is 10.3. The molecule has 0 radical (unpaired) electrons. The first kappa shape index (κ1) is 13.9. The minimum atomic E-state index is -0.254. The predicted molar refractivity (Wildman–Crippen MR) is 61.5 cm³/mol. The molecule has 0 aromatic rings. The van der Waals surface area contributed by atoms with Crippen molar-refractivity contribution in [1.29, 1.82) is 0 Å². The molecule has 1 amide bonds. The van der Waals surface area contributed by atoms with Gasteiger partial charge in [-0.25, -0.2) is 0 Å². The molecule has 1 aliphatic rings. The van der Waals surface area contributed by atoms with Crippen molar-refractivity contribution in [3.8, 4) is 0 Å². The van der Waals surface area contributed by atoms with E-state index in [0.717, 1.165) is 0 Å². The molecule has 0 saturated carbocycles. The highest BCUT2D eigenvalue weighted by Gasteiger charge is 2.18. The number of morpholine rings is 1. The van der Waals surface area contributed by atoms with Crippen LogP contribution < -0.4 is 0 Å². The van der Waals surface area contributed by atoms with Crippen molar-refractivity contribution >= 4 is 11.9 Å². The zero-order chi connectivity index (χ0) is 12.7. The van der Waals surface area contributed by atoms with E-state index < -0.39 is 0 Å². The molecule has 0 N–H and O–H groups in total. The van der Waals surface area contributed by atoms with E-state index in [4.69, 9.17) is 4.74 Å². The number of amides is 1. The molecular formula is C11H20N2O4. The molecule has 6 heteroatoms. The van der Waals surface area contributed by atoms with Crippen LogP contribution in [0.25, 0.3) is 0 Å². The average Bonchev–Trinajstić information content (AvgIpc) is 2.36. The standard InChI is InChI=1S/C11H20N2O4/c1-12(4-3-11(15)16-2)9-10(14)13-5-7-17-8-6-13/h3-9H2,1-2H3. The maximum Gasteiger partial charge on any atom is 0.306 e. The van der Waals surface area contributed by atoms with Crippen LogP contribution in [0.1, 0.15) is 6.42 Å². The molecule has 0 bridgehead atoms. The van der Waals surface area contributed by atoms with Gasteiger partial charge in [0.15, 0.2) is 0 Å². The summed E-state index contributed by atoms with van der Waals surface area (Å²) in [6.45, 7) is 3.39. The zero-order valence-electron chi connectivity index (χ0n) is 10.5. The van der Waals surface area contributed by atoms with Crippen molar-refractivity contribution in [3.05, 3.63) is 0 Å². The topological polar surface area (TPSA) is 59.1 Å². The molecule has 0 aliphatic carbocycles. The Morgan fingerprint density at radius 1 is 1.35 bits per heavy atom. The summed E-state index contributed by atoms with van der Waals surface area (Å²) in [7, 11) is 3.18. The van der Waals surface area contributed by atoms with Crippen LogP contribution in [0.4, 0.5) is 0 Å². The third-order valence-corrected chi connectivity index (χ3v) is 2.69. The summed E-state index contributed by atoms with van der Waals surface area (Å²) in [5, 5.41) is 0. The molecule has 6 nitrogen and oxygen atoms in total. The number of esters is 1. The molecule has 17 heavy (non-hydrogen) atoms. The van der Waals surface area contributed by atoms with Crippen molar-refractivity contribution in [3.63, 3.8) is 0 Å². The number of carbonyl (C=O) groups excluding carboxylic acids is 2. The predicted octanol–water partition coefficient (Wildman–Crippen LogP) is -0.660. The second kappa shape index (κ2) is 7.24. The maximum absolute atomic E-state index is 11.8. The van der Waals surface area contributed by atoms with Crippen LogP contribution in [0.3, 0.4) is 0 Å². The summed E-state index contributed by atoms with van der Waals surface area (Å²) in [6, 6.07) is 0. The molecule has 0 unspecified atom stereocenters. The highest BCUT2D eigenvalue weighted by Crippen LogP contribution is 1.99. The first-order chi connectivity index (χ1) is 8.13. The summed E-state index contributed by atoms with van der Waals surface area (Å²) in [6.07, 6.45) is 0.309. The quantitative estimate of drug-likeness (QED) is 0.601. The van der Waals surface area contributed by atoms with Crippen molar-refractivity contribution < 1.29 is 19.1 Å².